The molecule has 31 heavy (non-hydrogen) atoms. The maximum Gasteiger partial charge on any atom is 0.240 e. The van der Waals surface area contributed by atoms with Gasteiger partial charge in [-0.1, -0.05) is 0 Å². The summed E-state index contributed by atoms with van der Waals surface area (Å²) >= 11 is 0. The Morgan fingerprint density at radius 3 is 0.968 bits per heavy atom. The average molecular weight is 416 g/mol. The van der Waals surface area contributed by atoms with Crippen LogP contribution in [0.3, 0.4) is 0 Å². The number of carbonyl (C=O) groups excluding carboxylic acids is 6. The van der Waals surface area contributed by atoms with Gasteiger partial charge in [-0.05, 0) is 37.3 Å². The van der Waals surface area contributed by atoms with E-state index >= 15 is 0 Å². The summed E-state index contributed by atoms with van der Waals surface area (Å²) in [5, 5.41) is 0. The Kier molecular flexibility index (Phi) is 9.96. The highest BCUT2D eigenvalue weighted by atomic mass is 16.1. The zero-order chi connectivity index (χ0) is 23.1. The molecule has 0 aliphatic carbocycles. The van der Waals surface area contributed by atoms with Crippen LogP contribution in [0.5, 0.6) is 0 Å². The molecule has 12 heteroatoms. The molecule has 0 spiro atoms. The van der Waals surface area contributed by atoms with Crippen molar-refractivity contribution in [3.63, 3.8) is 0 Å². The van der Waals surface area contributed by atoms with Crippen LogP contribution in [0, 0.1) is 6.92 Å². The minimum absolute atomic E-state index is 0.190. The fourth-order valence-electron chi connectivity index (χ4n) is 2.05. The molecule has 0 fully saturated rings. The second-order valence-electron chi connectivity index (χ2n) is 5.04. The first-order chi connectivity index (χ1) is 15.0. The molecule has 0 aromatic heterocycles. The monoisotopic (exact) mass is 416 g/mol. The van der Waals surface area contributed by atoms with Gasteiger partial charge in [0.2, 0.25) is 36.5 Å². The molecule has 0 saturated heterocycles. The van der Waals surface area contributed by atoms with Crippen molar-refractivity contribution >= 4 is 70.6 Å². The van der Waals surface area contributed by atoms with Crippen LogP contribution >= 0.6 is 0 Å². The van der Waals surface area contributed by atoms with Crippen LogP contribution < -0.4 is 0 Å². The van der Waals surface area contributed by atoms with Crippen molar-refractivity contribution in [3.05, 3.63) is 35.9 Å². The third-order valence-electron chi connectivity index (χ3n) is 3.26. The molecule has 0 unspecified atom stereocenters. The molecule has 0 atom stereocenters. The van der Waals surface area contributed by atoms with Gasteiger partial charge in [-0.3, -0.25) is 0 Å². The van der Waals surface area contributed by atoms with E-state index in [1.165, 1.54) is 66.8 Å². The summed E-state index contributed by atoms with van der Waals surface area (Å²) in [4.78, 5) is 80.5. The average Bonchev–Trinajstić information content (AvgIpc) is 2.73. The Morgan fingerprint density at radius 2 is 0.710 bits per heavy atom. The first kappa shape index (κ1) is 23.8. The number of nitrogens with zero attached hydrogens (tertiary/aromatic N) is 6. The molecular formula is C19H8N6O6. The summed E-state index contributed by atoms with van der Waals surface area (Å²) in [6, 6.07) is 6.81. The highest BCUT2D eigenvalue weighted by Crippen LogP contribution is 2.33. The van der Waals surface area contributed by atoms with Crippen LogP contribution in [-0.2, 0) is 28.8 Å². The Morgan fingerprint density at radius 1 is 0.452 bits per heavy atom. The van der Waals surface area contributed by atoms with E-state index in [2.05, 4.69) is 30.0 Å². The molecule has 2 aromatic carbocycles. The molecule has 0 radical (unpaired) electrons. The number of hydrogen-bond donors (Lipinski definition) is 0. The maximum absolute atomic E-state index is 10.2. The predicted octanol–water partition coefficient (Wildman–Crippen LogP) is 3.49. The largest absolute Gasteiger partial charge is 0.240 e. The van der Waals surface area contributed by atoms with Gasteiger partial charge in [0.25, 0.3) is 0 Å². The minimum atomic E-state index is 0.190. The number of benzene rings is 2. The normalized spacial score (nSPS) is 8.16. The molecule has 2 rings (SSSR count). The van der Waals surface area contributed by atoms with E-state index < -0.39 is 0 Å². The number of rotatable bonds is 6. The lowest BCUT2D eigenvalue weighted by Crippen LogP contribution is -1.77. The Balaban J connectivity index is 0.000000311. The van der Waals surface area contributed by atoms with Gasteiger partial charge in [0.15, 0.2) is 0 Å². The summed E-state index contributed by atoms with van der Waals surface area (Å²) < 4.78 is 0. The van der Waals surface area contributed by atoms with Crippen molar-refractivity contribution in [2.24, 2.45) is 30.0 Å². The summed E-state index contributed by atoms with van der Waals surface area (Å²) in [5.41, 5.74) is 1.74. The topological polar surface area (TPSA) is 177 Å². The predicted molar refractivity (Wildman–Crippen MR) is 104 cm³/mol. The van der Waals surface area contributed by atoms with E-state index in [-0.39, 0.29) is 34.1 Å². The van der Waals surface area contributed by atoms with Crippen LogP contribution in [0.15, 0.2) is 60.3 Å². The van der Waals surface area contributed by atoms with E-state index in [9.17, 15) is 28.8 Å². The SMILES string of the molecule is Cc1c(N=C=O)cc(N=C=O)cc1N=C=O.O=C=Nc1cc(N=C=O)cc(N=C=O)c1. The van der Waals surface area contributed by atoms with Crippen LogP contribution in [0.4, 0.5) is 34.1 Å². The second-order valence-corrected chi connectivity index (χ2v) is 5.04. The van der Waals surface area contributed by atoms with Crippen LogP contribution in [-0.4, -0.2) is 36.5 Å². The molecule has 2 aromatic rings. The molecule has 0 N–H and O–H groups in total. The van der Waals surface area contributed by atoms with Gasteiger partial charge >= 0.3 is 0 Å². The molecule has 0 bridgehead atoms. The fraction of sp³-hybridized carbons (Fsp3) is 0.0526. The van der Waals surface area contributed by atoms with Gasteiger partial charge in [-0.2, -0.15) is 30.0 Å². The summed E-state index contributed by atoms with van der Waals surface area (Å²) in [5.74, 6) is 0. The van der Waals surface area contributed by atoms with Crippen molar-refractivity contribution in [3.8, 4) is 0 Å². The number of hydrogen-bond acceptors (Lipinski definition) is 12. The quantitative estimate of drug-likeness (QED) is 0.514. The summed E-state index contributed by atoms with van der Waals surface area (Å²) in [7, 11) is 0. The first-order valence-electron chi connectivity index (χ1n) is 7.79. The third-order valence-corrected chi connectivity index (χ3v) is 3.26. The third kappa shape index (κ3) is 7.70. The molecule has 0 amide bonds. The lowest BCUT2D eigenvalue weighted by molar-refractivity contribution is 0.564. The van der Waals surface area contributed by atoms with Gasteiger partial charge in [-0.25, -0.2) is 28.8 Å². The van der Waals surface area contributed by atoms with Crippen molar-refractivity contribution in [2.45, 2.75) is 6.92 Å². The Bertz CT molecular complexity index is 1150. The molecule has 0 aliphatic rings. The van der Waals surface area contributed by atoms with E-state index in [0.29, 0.717) is 5.56 Å². The first-order valence-corrected chi connectivity index (χ1v) is 7.79. The zero-order valence-corrected chi connectivity index (χ0v) is 15.5. The number of aliphatic imine (C=N–C) groups is 6. The second kappa shape index (κ2) is 13.0. The van der Waals surface area contributed by atoms with E-state index in [4.69, 9.17) is 0 Å². The van der Waals surface area contributed by atoms with Gasteiger partial charge in [0.05, 0.1) is 34.1 Å². The van der Waals surface area contributed by atoms with Gasteiger partial charge in [-0.15, -0.1) is 0 Å². The van der Waals surface area contributed by atoms with Crippen LogP contribution in [0.1, 0.15) is 5.56 Å². The Hall–Kier alpha value is -5.28. The molecule has 0 heterocycles. The molecular weight excluding hydrogens is 408 g/mol. The van der Waals surface area contributed by atoms with Crippen molar-refractivity contribution in [2.75, 3.05) is 0 Å². The summed E-state index contributed by atoms with van der Waals surface area (Å²) in [6.45, 7) is 1.61. The van der Waals surface area contributed by atoms with Crippen molar-refractivity contribution in [1.82, 2.24) is 0 Å². The number of isocyanates is 6. The van der Waals surface area contributed by atoms with Gasteiger partial charge in [0, 0.05) is 5.56 Å². The molecule has 0 aliphatic heterocycles. The van der Waals surface area contributed by atoms with Crippen LogP contribution in [0.25, 0.3) is 0 Å². The van der Waals surface area contributed by atoms with Crippen molar-refractivity contribution < 1.29 is 28.8 Å². The van der Waals surface area contributed by atoms with E-state index in [1.807, 2.05) is 0 Å². The maximum atomic E-state index is 10.2. The van der Waals surface area contributed by atoms with E-state index in [1.54, 1.807) is 6.92 Å². The van der Waals surface area contributed by atoms with Crippen molar-refractivity contribution in [1.29, 1.82) is 0 Å². The lowest BCUT2D eigenvalue weighted by atomic mass is 10.1. The van der Waals surface area contributed by atoms with Gasteiger partial charge in [0.1, 0.15) is 0 Å². The van der Waals surface area contributed by atoms with Gasteiger partial charge < -0.3 is 0 Å². The summed E-state index contributed by atoms with van der Waals surface area (Å²) in [6.07, 6.45) is 8.00. The lowest BCUT2D eigenvalue weighted by Gasteiger charge is -2.02. The Labute approximate surface area is 172 Å². The molecule has 12 nitrogen and oxygen atoms in total. The van der Waals surface area contributed by atoms with Crippen LogP contribution in [0.2, 0.25) is 0 Å². The fourth-order valence-corrected chi connectivity index (χ4v) is 2.05. The standard InChI is InChI=1S/C10H5N3O3.C9H3N3O3/c1-7-9(12-5-15)2-8(11-4-14)3-10(7)13-6-16;13-4-10-7-1-8(11-5-14)3-9(2-7)12-6-15/h2-3H,1H3;1-3H. The zero-order valence-electron chi connectivity index (χ0n) is 15.5. The molecule has 0 saturated carbocycles. The van der Waals surface area contributed by atoms with E-state index in [0.717, 1.165) is 0 Å². The highest BCUT2D eigenvalue weighted by molar-refractivity contribution is 5.72. The highest BCUT2D eigenvalue weighted by Gasteiger charge is 2.06. The smallest absolute Gasteiger partial charge is 0.211 e. The minimum Gasteiger partial charge on any atom is -0.211 e. The molecule has 150 valence electrons.